The Morgan fingerprint density at radius 3 is 2.55 bits per heavy atom. The van der Waals surface area contributed by atoms with Gasteiger partial charge in [-0.25, -0.2) is 0 Å². The first-order chi connectivity index (χ1) is 15.0. The van der Waals surface area contributed by atoms with Crippen LogP contribution in [0.1, 0.15) is 52.5 Å². The molecule has 1 saturated heterocycles. The summed E-state index contributed by atoms with van der Waals surface area (Å²) in [6.45, 7) is 3.22. The van der Waals surface area contributed by atoms with E-state index in [0.717, 1.165) is 36.8 Å². The van der Waals surface area contributed by atoms with Crippen molar-refractivity contribution in [2.75, 3.05) is 18.8 Å². The zero-order valence-corrected chi connectivity index (χ0v) is 19.4. The Balaban J connectivity index is 1.80. The van der Waals surface area contributed by atoms with Gasteiger partial charge in [0.2, 0.25) is 5.91 Å². The minimum atomic E-state index is -0.539. The fourth-order valence-corrected chi connectivity index (χ4v) is 5.54. The minimum absolute atomic E-state index is 0.109. The topological polar surface area (TPSA) is 75.4 Å². The van der Waals surface area contributed by atoms with Crippen molar-refractivity contribution in [3.05, 3.63) is 70.2 Å². The Morgan fingerprint density at radius 1 is 1.10 bits per heavy atom. The highest BCUT2D eigenvalue weighted by Gasteiger charge is 2.43. The molecular weight excluding hydrogens is 430 g/mol. The van der Waals surface area contributed by atoms with Gasteiger partial charge in [0.25, 0.3) is 5.91 Å². The molecule has 2 aromatic carbocycles. The number of benzene rings is 2. The fourth-order valence-electron chi connectivity index (χ4n) is 3.78. The second kappa shape index (κ2) is 11.6. The van der Waals surface area contributed by atoms with Crippen LogP contribution in [0.3, 0.4) is 0 Å². The minimum Gasteiger partial charge on any atom is -0.354 e. The van der Waals surface area contributed by atoms with Gasteiger partial charge in [0.05, 0.1) is 0 Å². The molecule has 2 aromatic rings. The number of nitrogens with zero attached hydrogens (tertiary/aromatic N) is 1. The molecule has 2 amide bonds. The summed E-state index contributed by atoms with van der Waals surface area (Å²) in [5.74, 6) is 0.283. The lowest BCUT2D eigenvalue weighted by Crippen LogP contribution is -2.48. The van der Waals surface area contributed by atoms with Gasteiger partial charge in [0.15, 0.2) is 0 Å². The predicted molar refractivity (Wildman–Crippen MR) is 128 cm³/mol. The van der Waals surface area contributed by atoms with Gasteiger partial charge < -0.3 is 16.0 Å². The van der Waals surface area contributed by atoms with Crippen molar-refractivity contribution in [1.29, 1.82) is 0 Å². The standard InChI is InChI=1S/C24H30ClN3O2S/c1-17-10-4-5-11-18(17)23(30)28-21(22(29)27-15-9-3-2-8-14-26)16-31-24(28)19-12-6-7-13-20(19)25/h4-7,10-13,21,24H,2-3,8-9,14-16,26H2,1H3,(H,27,29). The van der Waals surface area contributed by atoms with Crippen LogP contribution in [0, 0.1) is 6.92 Å². The lowest BCUT2D eigenvalue weighted by molar-refractivity contribution is -0.124. The first-order valence-electron chi connectivity index (χ1n) is 10.8. The second-order valence-electron chi connectivity index (χ2n) is 7.74. The highest BCUT2D eigenvalue weighted by Crippen LogP contribution is 2.44. The van der Waals surface area contributed by atoms with Crippen molar-refractivity contribution in [3.63, 3.8) is 0 Å². The number of rotatable bonds is 9. The van der Waals surface area contributed by atoms with Crippen LogP contribution in [0.25, 0.3) is 0 Å². The monoisotopic (exact) mass is 459 g/mol. The first kappa shape index (κ1) is 23.6. The Morgan fingerprint density at radius 2 is 1.81 bits per heavy atom. The van der Waals surface area contributed by atoms with Crippen LogP contribution in [0.15, 0.2) is 48.5 Å². The molecule has 1 aliphatic rings. The maximum Gasteiger partial charge on any atom is 0.256 e. The van der Waals surface area contributed by atoms with Crippen LogP contribution < -0.4 is 11.1 Å². The smallest absolute Gasteiger partial charge is 0.256 e. The summed E-state index contributed by atoms with van der Waals surface area (Å²) in [7, 11) is 0. The molecule has 5 nitrogen and oxygen atoms in total. The van der Waals surface area contributed by atoms with E-state index in [0.29, 0.717) is 29.4 Å². The average Bonchev–Trinajstić information content (AvgIpc) is 3.21. The van der Waals surface area contributed by atoms with E-state index < -0.39 is 6.04 Å². The third-order valence-corrected chi connectivity index (χ3v) is 7.16. The molecule has 0 saturated carbocycles. The van der Waals surface area contributed by atoms with E-state index in [-0.39, 0.29) is 17.2 Å². The van der Waals surface area contributed by atoms with Crippen LogP contribution in [0.2, 0.25) is 5.02 Å². The molecule has 1 fully saturated rings. The Labute approximate surface area is 193 Å². The molecule has 2 unspecified atom stereocenters. The van der Waals surface area contributed by atoms with Gasteiger partial charge in [-0.3, -0.25) is 9.59 Å². The number of nitrogens with two attached hydrogens (primary N) is 1. The number of aryl methyl sites for hydroxylation is 1. The van der Waals surface area contributed by atoms with Gasteiger partial charge in [-0.05, 0) is 44.0 Å². The van der Waals surface area contributed by atoms with Crippen molar-refractivity contribution in [3.8, 4) is 0 Å². The quantitative estimate of drug-likeness (QED) is 0.540. The lowest BCUT2D eigenvalue weighted by Gasteiger charge is -2.30. The summed E-state index contributed by atoms with van der Waals surface area (Å²) in [5, 5.41) is 3.32. The Hall–Kier alpha value is -2.02. The molecule has 3 N–H and O–H groups in total. The Kier molecular flexibility index (Phi) is 8.81. The number of nitrogens with one attached hydrogen (secondary N) is 1. The van der Waals surface area contributed by atoms with E-state index in [1.54, 1.807) is 16.7 Å². The van der Waals surface area contributed by atoms with Crippen LogP contribution in [-0.2, 0) is 4.79 Å². The Bertz CT molecular complexity index is 908. The highest BCUT2D eigenvalue weighted by molar-refractivity contribution is 7.99. The number of hydrogen-bond donors (Lipinski definition) is 2. The second-order valence-corrected chi connectivity index (χ2v) is 9.26. The number of unbranched alkanes of at least 4 members (excludes halogenated alkanes) is 3. The molecule has 1 aliphatic heterocycles. The molecular formula is C24H30ClN3O2S. The third kappa shape index (κ3) is 5.82. The number of carbonyl (C=O) groups excluding carboxylic acids is 2. The predicted octanol–water partition coefficient (Wildman–Crippen LogP) is 4.54. The molecule has 2 atom stereocenters. The largest absolute Gasteiger partial charge is 0.354 e. The van der Waals surface area contributed by atoms with Crippen molar-refractivity contribution in [2.24, 2.45) is 5.73 Å². The van der Waals surface area contributed by atoms with Crippen molar-refractivity contribution >= 4 is 35.2 Å². The molecule has 0 radical (unpaired) electrons. The molecule has 7 heteroatoms. The molecule has 31 heavy (non-hydrogen) atoms. The summed E-state index contributed by atoms with van der Waals surface area (Å²) in [5.41, 5.74) is 7.89. The van der Waals surface area contributed by atoms with E-state index >= 15 is 0 Å². The van der Waals surface area contributed by atoms with Crippen LogP contribution in [-0.4, -0.2) is 41.6 Å². The number of halogens is 1. The SMILES string of the molecule is Cc1ccccc1C(=O)N1C(C(=O)NCCCCCCN)CSC1c1ccccc1Cl. The van der Waals surface area contributed by atoms with Gasteiger partial charge in [0, 0.05) is 28.4 Å². The van der Waals surface area contributed by atoms with E-state index in [1.165, 1.54) is 0 Å². The summed E-state index contributed by atoms with van der Waals surface area (Å²) in [6, 6.07) is 14.5. The molecule has 1 heterocycles. The molecule has 3 rings (SSSR count). The summed E-state index contributed by atoms with van der Waals surface area (Å²) in [4.78, 5) is 28.4. The lowest BCUT2D eigenvalue weighted by atomic mass is 10.1. The molecule has 0 aromatic heterocycles. The summed E-state index contributed by atoms with van der Waals surface area (Å²) in [6.07, 6.45) is 4.01. The van der Waals surface area contributed by atoms with E-state index in [4.69, 9.17) is 17.3 Å². The van der Waals surface area contributed by atoms with Crippen molar-refractivity contribution in [1.82, 2.24) is 10.2 Å². The van der Waals surface area contributed by atoms with E-state index in [1.807, 2.05) is 55.5 Å². The highest BCUT2D eigenvalue weighted by atomic mass is 35.5. The number of carbonyl (C=O) groups is 2. The van der Waals surface area contributed by atoms with Crippen LogP contribution in [0.5, 0.6) is 0 Å². The van der Waals surface area contributed by atoms with E-state index in [9.17, 15) is 9.59 Å². The number of hydrogen-bond acceptors (Lipinski definition) is 4. The maximum absolute atomic E-state index is 13.6. The van der Waals surface area contributed by atoms with Crippen molar-refractivity contribution < 1.29 is 9.59 Å². The first-order valence-corrected chi connectivity index (χ1v) is 12.2. The van der Waals surface area contributed by atoms with Crippen LogP contribution in [0.4, 0.5) is 0 Å². The van der Waals surface area contributed by atoms with E-state index in [2.05, 4.69) is 5.32 Å². The number of amides is 2. The molecule has 0 bridgehead atoms. The third-order valence-electron chi connectivity index (χ3n) is 5.51. The normalized spacial score (nSPS) is 18.2. The van der Waals surface area contributed by atoms with Gasteiger partial charge >= 0.3 is 0 Å². The van der Waals surface area contributed by atoms with Gasteiger partial charge in [0.1, 0.15) is 11.4 Å². The van der Waals surface area contributed by atoms with Crippen LogP contribution >= 0.6 is 23.4 Å². The average molecular weight is 460 g/mol. The zero-order valence-electron chi connectivity index (χ0n) is 17.9. The summed E-state index contributed by atoms with van der Waals surface area (Å²) >= 11 is 8.04. The van der Waals surface area contributed by atoms with Gasteiger partial charge in [-0.2, -0.15) is 0 Å². The molecule has 0 aliphatic carbocycles. The van der Waals surface area contributed by atoms with Gasteiger partial charge in [-0.1, -0.05) is 60.8 Å². The maximum atomic E-state index is 13.6. The number of thioether (sulfide) groups is 1. The molecule has 166 valence electrons. The molecule has 0 spiro atoms. The summed E-state index contributed by atoms with van der Waals surface area (Å²) < 4.78 is 0. The van der Waals surface area contributed by atoms with Crippen molar-refractivity contribution in [2.45, 2.75) is 44.0 Å². The zero-order chi connectivity index (χ0) is 22.2. The fraction of sp³-hybridized carbons (Fsp3) is 0.417. The van der Waals surface area contributed by atoms with Gasteiger partial charge in [-0.15, -0.1) is 11.8 Å².